The van der Waals surface area contributed by atoms with Crippen LogP contribution in [0.5, 0.6) is 0 Å². The van der Waals surface area contributed by atoms with Crippen molar-refractivity contribution in [2.75, 3.05) is 0 Å². The zero-order valence-corrected chi connectivity index (χ0v) is 21.7. The number of amides is 1. The van der Waals surface area contributed by atoms with Gasteiger partial charge in [-0.25, -0.2) is 14.4 Å². The van der Waals surface area contributed by atoms with E-state index in [1.165, 1.54) is 30.5 Å². The molecule has 13 heteroatoms. The summed E-state index contributed by atoms with van der Waals surface area (Å²) in [5.41, 5.74) is 1.73. The summed E-state index contributed by atoms with van der Waals surface area (Å²) < 4.78 is 20.1. The molecular formula is C26H21ClFN7O4. The maximum Gasteiger partial charge on any atom is 0.315 e. The van der Waals surface area contributed by atoms with Crippen LogP contribution in [-0.2, 0) is 12.0 Å². The zero-order chi connectivity index (χ0) is 27.9. The van der Waals surface area contributed by atoms with Crippen LogP contribution in [-0.4, -0.2) is 35.9 Å². The minimum atomic E-state index is -0.613. The molecule has 0 unspecified atom stereocenters. The lowest BCUT2D eigenvalue weighted by Gasteiger charge is -2.10. The minimum absolute atomic E-state index is 0.100. The summed E-state index contributed by atoms with van der Waals surface area (Å²) in [4.78, 5) is 39.3. The van der Waals surface area contributed by atoms with Gasteiger partial charge in [0.15, 0.2) is 11.5 Å². The number of carbonyl (C=O) groups is 1. The molecule has 0 atom stereocenters. The second-order valence-electron chi connectivity index (χ2n) is 9.72. The molecule has 0 fully saturated rings. The fraction of sp³-hybridized carbons (Fsp3) is 0.192. The van der Waals surface area contributed by atoms with Gasteiger partial charge in [-0.05, 0) is 29.8 Å². The molecule has 5 aromatic rings. The first-order valence-electron chi connectivity index (χ1n) is 11.7. The molecule has 0 aliphatic rings. The molecule has 39 heavy (non-hydrogen) atoms. The highest BCUT2D eigenvalue weighted by molar-refractivity contribution is 6.30. The van der Waals surface area contributed by atoms with Crippen molar-refractivity contribution in [2.24, 2.45) is 0 Å². The van der Waals surface area contributed by atoms with E-state index in [0.29, 0.717) is 28.1 Å². The van der Waals surface area contributed by atoms with Crippen molar-refractivity contribution in [3.05, 3.63) is 86.9 Å². The molecule has 1 amide bonds. The number of benzene rings is 2. The number of rotatable bonds is 6. The normalized spacial score (nSPS) is 11.6. The van der Waals surface area contributed by atoms with Crippen molar-refractivity contribution in [3.8, 4) is 22.5 Å². The molecule has 0 spiro atoms. The topological polar surface area (TPSA) is 153 Å². The number of nitro benzene ring substituents is 1. The minimum Gasteiger partial charge on any atom is -0.344 e. The van der Waals surface area contributed by atoms with Crippen molar-refractivity contribution >= 4 is 34.4 Å². The van der Waals surface area contributed by atoms with Crippen LogP contribution in [0.25, 0.3) is 33.7 Å². The highest BCUT2D eigenvalue weighted by atomic mass is 35.5. The molecule has 5 rings (SSSR count). The Morgan fingerprint density at radius 1 is 1.15 bits per heavy atom. The van der Waals surface area contributed by atoms with Gasteiger partial charge in [0.2, 0.25) is 0 Å². The van der Waals surface area contributed by atoms with Crippen LogP contribution in [0.2, 0.25) is 5.02 Å². The van der Waals surface area contributed by atoms with E-state index in [2.05, 4.69) is 30.4 Å². The number of aromatic amines is 1. The number of pyridine rings is 1. The van der Waals surface area contributed by atoms with Crippen LogP contribution >= 0.6 is 11.6 Å². The van der Waals surface area contributed by atoms with Gasteiger partial charge in [-0.3, -0.25) is 14.9 Å². The van der Waals surface area contributed by atoms with Crippen molar-refractivity contribution < 1.29 is 18.6 Å². The van der Waals surface area contributed by atoms with Gasteiger partial charge < -0.3 is 14.8 Å². The maximum atomic E-state index is 15.1. The molecule has 198 valence electrons. The lowest BCUT2D eigenvalue weighted by molar-refractivity contribution is -0.384. The standard InChI is InChI=1S/C26H21ClFN7O4/c1-26(2,3)25-33-24(39-34-25)23(36)30-12-14-5-4-13(10-18(14)28)16-8-9-29-22-20(16)31-21(32-22)17-7-6-15(27)11-19(17)35(37)38/h4-11H,12H2,1-3H3,(H,30,36)(H,29,31,32). The van der Waals surface area contributed by atoms with Gasteiger partial charge in [0.25, 0.3) is 5.69 Å². The predicted molar refractivity (Wildman–Crippen MR) is 141 cm³/mol. The van der Waals surface area contributed by atoms with Crippen LogP contribution in [0.1, 0.15) is 42.8 Å². The molecule has 2 aromatic carbocycles. The quantitative estimate of drug-likeness (QED) is 0.205. The molecular weight excluding hydrogens is 529 g/mol. The Kier molecular flexibility index (Phi) is 6.56. The number of nitrogens with zero attached hydrogens (tertiary/aromatic N) is 5. The molecule has 0 radical (unpaired) electrons. The molecule has 0 saturated carbocycles. The number of imidazole rings is 1. The summed E-state index contributed by atoms with van der Waals surface area (Å²) in [5.74, 6) is -0.755. The fourth-order valence-corrected chi connectivity index (χ4v) is 4.02. The number of hydrogen-bond donors (Lipinski definition) is 2. The predicted octanol–water partition coefficient (Wildman–Crippen LogP) is 5.60. The Hall–Kier alpha value is -4.71. The number of carbonyl (C=O) groups excluding carboxylic acids is 1. The number of nitro groups is 1. The summed E-state index contributed by atoms with van der Waals surface area (Å²) in [7, 11) is 0. The summed E-state index contributed by atoms with van der Waals surface area (Å²) in [6.07, 6.45) is 1.53. The molecule has 11 nitrogen and oxygen atoms in total. The molecule has 2 N–H and O–H groups in total. The largest absolute Gasteiger partial charge is 0.344 e. The summed E-state index contributed by atoms with van der Waals surface area (Å²) in [5, 5.41) is 18.2. The molecule has 0 aliphatic heterocycles. The number of nitrogens with one attached hydrogen (secondary N) is 2. The van der Waals surface area contributed by atoms with E-state index in [1.54, 1.807) is 18.2 Å². The summed E-state index contributed by atoms with van der Waals surface area (Å²) >= 11 is 5.93. The second-order valence-corrected chi connectivity index (χ2v) is 10.2. The number of H-pyrrole nitrogens is 1. The highest BCUT2D eigenvalue weighted by Gasteiger charge is 2.24. The van der Waals surface area contributed by atoms with E-state index in [9.17, 15) is 14.9 Å². The third-order valence-electron chi connectivity index (χ3n) is 5.89. The Balaban J connectivity index is 1.40. The highest BCUT2D eigenvalue weighted by Crippen LogP contribution is 2.34. The van der Waals surface area contributed by atoms with Crippen LogP contribution in [0.15, 0.2) is 53.2 Å². The van der Waals surface area contributed by atoms with E-state index in [0.717, 1.165) is 0 Å². The van der Waals surface area contributed by atoms with Gasteiger partial charge in [-0.1, -0.05) is 49.7 Å². The van der Waals surface area contributed by atoms with E-state index < -0.39 is 16.6 Å². The first-order chi connectivity index (χ1) is 18.5. The Bertz CT molecular complexity index is 1740. The third kappa shape index (κ3) is 5.18. The van der Waals surface area contributed by atoms with Crippen LogP contribution in [0, 0.1) is 15.9 Å². The zero-order valence-electron chi connectivity index (χ0n) is 21.0. The molecule has 0 aliphatic carbocycles. The third-order valence-corrected chi connectivity index (χ3v) is 6.13. The fourth-order valence-electron chi connectivity index (χ4n) is 3.86. The van der Waals surface area contributed by atoms with Gasteiger partial charge in [0.05, 0.1) is 10.5 Å². The van der Waals surface area contributed by atoms with Crippen molar-refractivity contribution in [2.45, 2.75) is 32.7 Å². The number of fused-ring (bicyclic) bond motifs is 1. The Morgan fingerprint density at radius 3 is 2.64 bits per heavy atom. The van der Waals surface area contributed by atoms with E-state index in [1.807, 2.05) is 20.8 Å². The van der Waals surface area contributed by atoms with E-state index >= 15 is 4.39 Å². The summed E-state index contributed by atoms with van der Waals surface area (Å²) in [6, 6.07) is 10.5. The number of hydrogen-bond acceptors (Lipinski definition) is 8. The smallest absolute Gasteiger partial charge is 0.315 e. The number of aromatic nitrogens is 5. The lowest BCUT2D eigenvalue weighted by atomic mass is 9.96. The van der Waals surface area contributed by atoms with Gasteiger partial charge in [0.1, 0.15) is 17.2 Å². The van der Waals surface area contributed by atoms with E-state index in [-0.39, 0.29) is 45.5 Å². The maximum absolute atomic E-state index is 15.1. The van der Waals surface area contributed by atoms with Crippen molar-refractivity contribution in [1.29, 1.82) is 0 Å². The Labute approximate surface area is 225 Å². The SMILES string of the molecule is CC(C)(C)c1noc(C(=O)NCc2ccc(-c3ccnc4[nH]c(-c5ccc(Cl)cc5[N+](=O)[O-])nc34)cc2F)n1. The van der Waals surface area contributed by atoms with Gasteiger partial charge in [-0.15, -0.1) is 0 Å². The van der Waals surface area contributed by atoms with Gasteiger partial charge in [0, 0.05) is 40.4 Å². The number of halogens is 2. The Morgan fingerprint density at radius 2 is 1.95 bits per heavy atom. The van der Waals surface area contributed by atoms with Crippen LogP contribution < -0.4 is 5.32 Å². The summed E-state index contributed by atoms with van der Waals surface area (Å²) in [6.45, 7) is 5.56. The first-order valence-corrected chi connectivity index (χ1v) is 12.1. The molecule has 3 heterocycles. The van der Waals surface area contributed by atoms with E-state index in [4.69, 9.17) is 16.1 Å². The van der Waals surface area contributed by atoms with Gasteiger partial charge in [-0.2, -0.15) is 4.98 Å². The van der Waals surface area contributed by atoms with Crippen molar-refractivity contribution in [3.63, 3.8) is 0 Å². The van der Waals surface area contributed by atoms with Crippen LogP contribution in [0.4, 0.5) is 10.1 Å². The van der Waals surface area contributed by atoms with Crippen molar-refractivity contribution in [1.82, 2.24) is 30.4 Å². The average Bonchev–Trinajstić information content (AvgIpc) is 3.55. The van der Waals surface area contributed by atoms with Crippen LogP contribution in [0.3, 0.4) is 0 Å². The second kappa shape index (κ2) is 9.87. The van der Waals surface area contributed by atoms with Gasteiger partial charge >= 0.3 is 11.8 Å². The lowest BCUT2D eigenvalue weighted by Crippen LogP contribution is -2.24. The first kappa shape index (κ1) is 25.9. The molecule has 3 aromatic heterocycles. The monoisotopic (exact) mass is 549 g/mol. The molecule has 0 bridgehead atoms. The average molecular weight is 550 g/mol. The molecule has 0 saturated heterocycles.